The van der Waals surface area contributed by atoms with E-state index >= 15 is 0 Å². The lowest BCUT2D eigenvalue weighted by Crippen LogP contribution is -2.03. The van der Waals surface area contributed by atoms with E-state index in [1.54, 1.807) is 0 Å². The molecule has 20 heavy (non-hydrogen) atoms. The van der Waals surface area contributed by atoms with Crippen LogP contribution >= 0.6 is 0 Å². The monoisotopic (exact) mass is 265 g/mol. The van der Waals surface area contributed by atoms with Gasteiger partial charge in [0.2, 0.25) is 0 Å². The standard InChI is InChI=1S/C17H19N3/c1-3-20-16-7-5-4-6-15(16)19-17(20)11-13-8-9-14(18)12(2)10-13/h4-10H,3,11,18H2,1-2H3. The van der Waals surface area contributed by atoms with Gasteiger partial charge in [-0.25, -0.2) is 4.98 Å². The summed E-state index contributed by atoms with van der Waals surface area (Å²) in [5.74, 6) is 1.11. The minimum absolute atomic E-state index is 0.837. The molecule has 3 nitrogen and oxygen atoms in total. The molecule has 0 aliphatic heterocycles. The first-order valence-corrected chi connectivity index (χ1v) is 6.98. The number of nitrogen functional groups attached to an aromatic ring is 1. The van der Waals surface area contributed by atoms with Crippen molar-refractivity contribution in [2.45, 2.75) is 26.8 Å². The highest BCUT2D eigenvalue weighted by molar-refractivity contribution is 5.76. The molecule has 0 aliphatic carbocycles. The molecule has 0 bridgehead atoms. The molecule has 0 amide bonds. The van der Waals surface area contributed by atoms with Crippen molar-refractivity contribution in [2.24, 2.45) is 0 Å². The minimum Gasteiger partial charge on any atom is -0.399 e. The maximum Gasteiger partial charge on any atom is 0.114 e. The van der Waals surface area contributed by atoms with E-state index in [2.05, 4.69) is 41.8 Å². The molecular weight excluding hydrogens is 246 g/mol. The van der Waals surface area contributed by atoms with Gasteiger partial charge in [-0.1, -0.05) is 24.3 Å². The lowest BCUT2D eigenvalue weighted by Gasteiger charge is -2.08. The third-order valence-electron chi connectivity index (χ3n) is 3.75. The topological polar surface area (TPSA) is 43.8 Å². The number of hydrogen-bond acceptors (Lipinski definition) is 2. The van der Waals surface area contributed by atoms with Crippen molar-refractivity contribution >= 4 is 16.7 Å². The summed E-state index contributed by atoms with van der Waals surface area (Å²) in [4.78, 5) is 4.76. The highest BCUT2D eigenvalue weighted by atomic mass is 15.1. The number of imidazole rings is 1. The molecule has 0 atom stereocenters. The number of hydrogen-bond donors (Lipinski definition) is 1. The number of nitrogens with two attached hydrogens (primary N) is 1. The van der Waals surface area contributed by atoms with E-state index in [9.17, 15) is 0 Å². The van der Waals surface area contributed by atoms with Gasteiger partial charge in [-0.3, -0.25) is 0 Å². The Morgan fingerprint density at radius 2 is 1.95 bits per heavy atom. The molecule has 3 rings (SSSR count). The van der Waals surface area contributed by atoms with E-state index in [0.29, 0.717) is 0 Å². The summed E-state index contributed by atoms with van der Waals surface area (Å²) in [6.45, 7) is 5.14. The van der Waals surface area contributed by atoms with Gasteiger partial charge in [0.15, 0.2) is 0 Å². The minimum atomic E-state index is 0.837. The molecule has 3 aromatic rings. The van der Waals surface area contributed by atoms with E-state index < -0.39 is 0 Å². The van der Waals surface area contributed by atoms with Gasteiger partial charge in [-0.15, -0.1) is 0 Å². The lowest BCUT2D eigenvalue weighted by atomic mass is 10.1. The Morgan fingerprint density at radius 3 is 2.70 bits per heavy atom. The predicted molar refractivity (Wildman–Crippen MR) is 83.8 cm³/mol. The van der Waals surface area contributed by atoms with Gasteiger partial charge in [0.25, 0.3) is 0 Å². The molecule has 102 valence electrons. The molecule has 0 saturated carbocycles. The van der Waals surface area contributed by atoms with Gasteiger partial charge in [0, 0.05) is 18.7 Å². The van der Waals surface area contributed by atoms with Gasteiger partial charge in [0.1, 0.15) is 5.82 Å². The fourth-order valence-electron chi connectivity index (χ4n) is 2.64. The molecule has 1 heterocycles. The van der Waals surface area contributed by atoms with Crippen molar-refractivity contribution in [2.75, 3.05) is 5.73 Å². The number of para-hydroxylation sites is 2. The van der Waals surface area contributed by atoms with E-state index in [4.69, 9.17) is 10.7 Å². The SMILES string of the molecule is CCn1c(Cc2ccc(N)c(C)c2)nc2ccccc21. The van der Waals surface area contributed by atoms with Crippen molar-refractivity contribution in [3.8, 4) is 0 Å². The highest BCUT2D eigenvalue weighted by Gasteiger charge is 2.09. The number of aromatic nitrogens is 2. The molecule has 0 saturated heterocycles. The summed E-state index contributed by atoms with van der Waals surface area (Å²) in [6, 6.07) is 14.5. The van der Waals surface area contributed by atoms with Crippen LogP contribution in [0.4, 0.5) is 5.69 Å². The number of aryl methyl sites for hydroxylation is 2. The van der Waals surface area contributed by atoms with Crippen LogP contribution in [0.15, 0.2) is 42.5 Å². The number of nitrogens with zero attached hydrogens (tertiary/aromatic N) is 2. The van der Waals surface area contributed by atoms with Crippen molar-refractivity contribution in [3.05, 3.63) is 59.4 Å². The van der Waals surface area contributed by atoms with E-state index in [0.717, 1.165) is 35.6 Å². The molecule has 0 unspecified atom stereocenters. The van der Waals surface area contributed by atoms with E-state index in [1.807, 2.05) is 19.1 Å². The smallest absolute Gasteiger partial charge is 0.114 e. The van der Waals surface area contributed by atoms with E-state index in [-0.39, 0.29) is 0 Å². The van der Waals surface area contributed by atoms with Crippen LogP contribution in [0.2, 0.25) is 0 Å². The van der Waals surface area contributed by atoms with Crippen LogP contribution in [0.5, 0.6) is 0 Å². The zero-order chi connectivity index (χ0) is 14.1. The van der Waals surface area contributed by atoms with Crippen LogP contribution in [-0.2, 0) is 13.0 Å². The quantitative estimate of drug-likeness (QED) is 0.736. The summed E-state index contributed by atoms with van der Waals surface area (Å²) in [5.41, 5.74) is 11.4. The normalized spacial score (nSPS) is 11.1. The predicted octanol–water partition coefficient (Wildman–Crippen LogP) is 3.54. The summed E-state index contributed by atoms with van der Waals surface area (Å²) < 4.78 is 2.28. The third kappa shape index (κ3) is 2.16. The van der Waals surface area contributed by atoms with Gasteiger partial charge in [0.05, 0.1) is 11.0 Å². The number of fused-ring (bicyclic) bond motifs is 1. The maximum absolute atomic E-state index is 5.88. The molecule has 2 aromatic carbocycles. The fourth-order valence-corrected chi connectivity index (χ4v) is 2.64. The first-order valence-electron chi connectivity index (χ1n) is 6.98. The molecular formula is C17H19N3. The summed E-state index contributed by atoms with van der Waals surface area (Å²) >= 11 is 0. The van der Waals surface area contributed by atoms with Crippen LogP contribution in [0.3, 0.4) is 0 Å². The summed E-state index contributed by atoms with van der Waals surface area (Å²) in [7, 11) is 0. The van der Waals surface area contributed by atoms with Crippen molar-refractivity contribution < 1.29 is 0 Å². The van der Waals surface area contributed by atoms with Gasteiger partial charge >= 0.3 is 0 Å². The van der Waals surface area contributed by atoms with Gasteiger partial charge in [-0.2, -0.15) is 0 Å². The second-order valence-corrected chi connectivity index (χ2v) is 5.13. The van der Waals surface area contributed by atoms with Gasteiger partial charge in [-0.05, 0) is 43.2 Å². The van der Waals surface area contributed by atoms with Crippen LogP contribution in [0, 0.1) is 6.92 Å². The molecule has 3 heteroatoms. The average molecular weight is 265 g/mol. The Balaban J connectivity index is 2.03. The Hall–Kier alpha value is -2.29. The second kappa shape index (κ2) is 5.00. The molecule has 2 N–H and O–H groups in total. The number of rotatable bonds is 3. The van der Waals surface area contributed by atoms with Crippen LogP contribution in [-0.4, -0.2) is 9.55 Å². The van der Waals surface area contributed by atoms with Crippen LogP contribution in [0.25, 0.3) is 11.0 Å². The molecule has 0 spiro atoms. The average Bonchev–Trinajstić information content (AvgIpc) is 2.80. The summed E-state index contributed by atoms with van der Waals surface area (Å²) in [6.07, 6.45) is 0.837. The van der Waals surface area contributed by atoms with Crippen LogP contribution < -0.4 is 5.73 Å². The Kier molecular flexibility index (Phi) is 3.18. The Bertz CT molecular complexity index is 756. The Labute approximate surface area is 119 Å². The first kappa shape index (κ1) is 12.7. The van der Waals surface area contributed by atoms with Crippen molar-refractivity contribution in [1.29, 1.82) is 0 Å². The zero-order valence-corrected chi connectivity index (χ0v) is 11.9. The second-order valence-electron chi connectivity index (χ2n) is 5.13. The third-order valence-corrected chi connectivity index (χ3v) is 3.75. The van der Waals surface area contributed by atoms with E-state index in [1.165, 1.54) is 11.1 Å². The largest absolute Gasteiger partial charge is 0.399 e. The molecule has 0 radical (unpaired) electrons. The molecule has 0 fully saturated rings. The lowest BCUT2D eigenvalue weighted by molar-refractivity contribution is 0.733. The van der Waals surface area contributed by atoms with Crippen molar-refractivity contribution in [3.63, 3.8) is 0 Å². The van der Waals surface area contributed by atoms with Crippen molar-refractivity contribution in [1.82, 2.24) is 9.55 Å². The number of benzene rings is 2. The number of anilines is 1. The van der Waals surface area contributed by atoms with Gasteiger partial charge < -0.3 is 10.3 Å². The van der Waals surface area contributed by atoms with Crippen LogP contribution in [0.1, 0.15) is 23.9 Å². The molecule has 0 aliphatic rings. The highest BCUT2D eigenvalue weighted by Crippen LogP contribution is 2.20. The Morgan fingerprint density at radius 1 is 1.15 bits per heavy atom. The summed E-state index contributed by atoms with van der Waals surface area (Å²) in [5, 5.41) is 0. The first-order chi connectivity index (χ1) is 9.69. The fraction of sp³-hybridized carbons (Fsp3) is 0.235. The molecule has 1 aromatic heterocycles. The zero-order valence-electron chi connectivity index (χ0n) is 11.9. The maximum atomic E-state index is 5.88.